The van der Waals surface area contributed by atoms with Crippen LogP contribution in [0.5, 0.6) is 0 Å². The maximum absolute atomic E-state index is 11.4. The standard InChI is InChI=1S/C24H18O2/c1-15-9-17-5-3-7-19(13-25)23(17)11-21(15)22-12-24-18(10-16(22)2)6-4-8-20(24)14-26/h3-14H,1-2H3. The molecule has 126 valence electrons. The molecule has 0 fully saturated rings. The van der Waals surface area contributed by atoms with E-state index < -0.39 is 0 Å². The Morgan fingerprint density at radius 2 is 1.04 bits per heavy atom. The molecule has 0 aromatic heterocycles. The molecule has 0 saturated carbocycles. The molecular formula is C24H18O2. The summed E-state index contributed by atoms with van der Waals surface area (Å²) in [7, 11) is 0. The van der Waals surface area contributed by atoms with Crippen LogP contribution in [-0.2, 0) is 0 Å². The van der Waals surface area contributed by atoms with Gasteiger partial charge in [-0.15, -0.1) is 0 Å². The third kappa shape index (κ3) is 2.51. The molecule has 4 aromatic carbocycles. The number of carbonyl (C=O) groups is 2. The van der Waals surface area contributed by atoms with Gasteiger partial charge in [-0.05, 0) is 69.8 Å². The van der Waals surface area contributed by atoms with Crippen molar-refractivity contribution in [1.29, 1.82) is 0 Å². The summed E-state index contributed by atoms with van der Waals surface area (Å²) in [5, 5.41) is 4.02. The van der Waals surface area contributed by atoms with Gasteiger partial charge in [0.15, 0.2) is 12.6 Å². The Hall–Kier alpha value is -3.26. The number of benzene rings is 4. The van der Waals surface area contributed by atoms with Gasteiger partial charge >= 0.3 is 0 Å². The molecule has 0 saturated heterocycles. The van der Waals surface area contributed by atoms with E-state index in [9.17, 15) is 9.59 Å². The quantitative estimate of drug-likeness (QED) is 0.436. The Bertz CT molecular complexity index is 1090. The van der Waals surface area contributed by atoms with E-state index in [1.807, 2.05) is 36.4 Å². The highest BCUT2D eigenvalue weighted by Gasteiger charge is 2.11. The number of carbonyl (C=O) groups excluding carboxylic acids is 2. The molecule has 0 amide bonds. The number of rotatable bonds is 3. The lowest BCUT2D eigenvalue weighted by molar-refractivity contribution is 0.111. The number of hydrogen-bond donors (Lipinski definition) is 0. The summed E-state index contributed by atoms with van der Waals surface area (Å²) in [6.45, 7) is 4.16. The molecule has 0 aliphatic carbocycles. The van der Waals surface area contributed by atoms with Crippen LogP contribution in [0.2, 0.25) is 0 Å². The van der Waals surface area contributed by atoms with Gasteiger partial charge in [0.05, 0.1) is 0 Å². The Morgan fingerprint density at radius 1 is 0.615 bits per heavy atom. The van der Waals surface area contributed by atoms with E-state index in [0.717, 1.165) is 56.4 Å². The van der Waals surface area contributed by atoms with Crippen molar-refractivity contribution in [2.75, 3.05) is 0 Å². The SMILES string of the molecule is Cc1cc2cccc(C=O)c2cc1-c1cc2c(C=O)cccc2cc1C. The van der Waals surface area contributed by atoms with E-state index in [1.165, 1.54) is 0 Å². The summed E-state index contributed by atoms with van der Waals surface area (Å²) < 4.78 is 0. The molecule has 0 spiro atoms. The highest BCUT2D eigenvalue weighted by atomic mass is 16.1. The highest BCUT2D eigenvalue weighted by molar-refractivity contribution is 6.03. The van der Waals surface area contributed by atoms with Crippen LogP contribution in [0, 0.1) is 13.8 Å². The van der Waals surface area contributed by atoms with Gasteiger partial charge in [-0.25, -0.2) is 0 Å². The van der Waals surface area contributed by atoms with Crippen molar-refractivity contribution < 1.29 is 9.59 Å². The first-order valence-corrected chi connectivity index (χ1v) is 8.60. The Labute approximate surface area is 152 Å². The van der Waals surface area contributed by atoms with Crippen molar-refractivity contribution in [3.63, 3.8) is 0 Å². The molecule has 0 radical (unpaired) electrons. The summed E-state index contributed by atoms with van der Waals surface area (Å²) in [4.78, 5) is 22.9. The zero-order valence-electron chi connectivity index (χ0n) is 14.7. The smallest absolute Gasteiger partial charge is 0.150 e. The first-order valence-electron chi connectivity index (χ1n) is 8.60. The minimum Gasteiger partial charge on any atom is -0.298 e. The van der Waals surface area contributed by atoms with Gasteiger partial charge in [-0.3, -0.25) is 9.59 Å². The predicted molar refractivity (Wildman–Crippen MR) is 107 cm³/mol. The second-order valence-electron chi connectivity index (χ2n) is 6.71. The van der Waals surface area contributed by atoms with Gasteiger partial charge in [-0.2, -0.15) is 0 Å². The van der Waals surface area contributed by atoms with E-state index in [1.54, 1.807) is 0 Å². The summed E-state index contributed by atoms with van der Waals surface area (Å²) in [5.74, 6) is 0. The lowest BCUT2D eigenvalue weighted by atomic mass is 9.90. The van der Waals surface area contributed by atoms with E-state index in [-0.39, 0.29) is 0 Å². The van der Waals surface area contributed by atoms with Crippen LogP contribution in [0.3, 0.4) is 0 Å². The Kier molecular flexibility index (Phi) is 3.89. The molecule has 4 aromatic rings. The lowest BCUT2D eigenvalue weighted by Crippen LogP contribution is -1.92. The first-order chi connectivity index (χ1) is 12.6. The van der Waals surface area contributed by atoms with Crippen LogP contribution in [0.1, 0.15) is 31.8 Å². The second kappa shape index (κ2) is 6.23. The van der Waals surface area contributed by atoms with E-state index in [2.05, 4.69) is 38.1 Å². The minimum atomic E-state index is 0.691. The number of hydrogen-bond acceptors (Lipinski definition) is 2. The Balaban J connectivity index is 2.06. The van der Waals surface area contributed by atoms with Crippen molar-refractivity contribution in [2.45, 2.75) is 13.8 Å². The van der Waals surface area contributed by atoms with Gasteiger partial charge < -0.3 is 0 Å². The van der Waals surface area contributed by atoms with E-state index >= 15 is 0 Å². The van der Waals surface area contributed by atoms with Gasteiger partial charge in [0.1, 0.15) is 0 Å². The summed E-state index contributed by atoms with van der Waals surface area (Å²) in [6.07, 6.45) is 1.80. The minimum absolute atomic E-state index is 0.691. The average molecular weight is 338 g/mol. The van der Waals surface area contributed by atoms with Gasteiger partial charge in [0.25, 0.3) is 0 Å². The zero-order valence-corrected chi connectivity index (χ0v) is 14.7. The maximum Gasteiger partial charge on any atom is 0.150 e. The number of fused-ring (bicyclic) bond motifs is 2. The fourth-order valence-electron chi connectivity index (χ4n) is 3.71. The monoisotopic (exact) mass is 338 g/mol. The van der Waals surface area contributed by atoms with Crippen molar-refractivity contribution in [3.05, 3.63) is 82.9 Å². The van der Waals surface area contributed by atoms with Crippen LogP contribution in [-0.4, -0.2) is 12.6 Å². The normalized spacial score (nSPS) is 11.0. The number of aryl methyl sites for hydroxylation is 2. The van der Waals surface area contributed by atoms with Crippen LogP contribution in [0.25, 0.3) is 32.7 Å². The van der Waals surface area contributed by atoms with Crippen molar-refractivity contribution >= 4 is 34.1 Å². The van der Waals surface area contributed by atoms with Crippen molar-refractivity contribution in [1.82, 2.24) is 0 Å². The second-order valence-corrected chi connectivity index (χ2v) is 6.71. The van der Waals surface area contributed by atoms with E-state index in [4.69, 9.17) is 0 Å². The molecule has 26 heavy (non-hydrogen) atoms. The Morgan fingerprint density at radius 3 is 1.42 bits per heavy atom. The molecule has 0 unspecified atom stereocenters. The average Bonchev–Trinajstić information content (AvgIpc) is 2.66. The summed E-state index contributed by atoms with van der Waals surface area (Å²) in [6, 6.07) is 20.0. The van der Waals surface area contributed by atoms with E-state index in [0.29, 0.717) is 11.1 Å². The zero-order chi connectivity index (χ0) is 18.3. The van der Waals surface area contributed by atoms with Gasteiger partial charge in [0.2, 0.25) is 0 Å². The molecule has 0 N–H and O–H groups in total. The first kappa shape index (κ1) is 16.2. The largest absolute Gasteiger partial charge is 0.298 e. The highest BCUT2D eigenvalue weighted by Crippen LogP contribution is 2.34. The lowest BCUT2D eigenvalue weighted by Gasteiger charge is -2.14. The third-order valence-electron chi connectivity index (χ3n) is 5.06. The molecule has 4 rings (SSSR count). The van der Waals surface area contributed by atoms with Gasteiger partial charge in [0, 0.05) is 11.1 Å². The third-order valence-corrected chi connectivity index (χ3v) is 5.06. The molecule has 0 atom stereocenters. The molecule has 2 nitrogen and oxygen atoms in total. The van der Waals surface area contributed by atoms with Crippen LogP contribution < -0.4 is 0 Å². The van der Waals surface area contributed by atoms with Gasteiger partial charge in [-0.1, -0.05) is 48.5 Å². The molecule has 0 aliphatic heterocycles. The fraction of sp³-hybridized carbons (Fsp3) is 0.0833. The molecule has 0 aliphatic rings. The molecule has 2 heteroatoms. The fourth-order valence-corrected chi connectivity index (χ4v) is 3.71. The molecular weight excluding hydrogens is 320 g/mol. The summed E-state index contributed by atoms with van der Waals surface area (Å²) >= 11 is 0. The maximum atomic E-state index is 11.4. The number of aldehydes is 2. The van der Waals surface area contributed by atoms with Crippen LogP contribution in [0.15, 0.2) is 60.7 Å². The summed E-state index contributed by atoms with van der Waals surface area (Å²) in [5.41, 5.74) is 5.85. The topological polar surface area (TPSA) is 34.1 Å². The molecule has 0 bridgehead atoms. The van der Waals surface area contributed by atoms with Crippen LogP contribution >= 0.6 is 0 Å². The molecule has 0 heterocycles. The predicted octanol–water partition coefficient (Wildman–Crippen LogP) is 5.90. The van der Waals surface area contributed by atoms with Crippen molar-refractivity contribution in [3.8, 4) is 11.1 Å². The van der Waals surface area contributed by atoms with Crippen molar-refractivity contribution in [2.24, 2.45) is 0 Å². The van der Waals surface area contributed by atoms with Crippen LogP contribution in [0.4, 0.5) is 0 Å².